The number of epoxide rings is 1. The van der Waals surface area contributed by atoms with Gasteiger partial charge in [0.05, 0.1) is 36.5 Å². The van der Waals surface area contributed by atoms with Gasteiger partial charge in [-0.05, 0) is 71.8 Å². The molecule has 2 heterocycles. The fraction of sp³-hybridized carbons (Fsp3) is 0.630. The Bertz CT molecular complexity index is 1030. The predicted molar refractivity (Wildman–Crippen MR) is 133 cm³/mol. The largest absolute Gasteiger partial charge is 0.465 e. The Morgan fingerprint density at radius 3 is 2.59 bits per heavy atom. The van der Waals surface area contributed by atoms with Crippen molar-refractivity contribution in [3.63, 3.8) is 0 Å². The van der Waals surface area contributed by atoms with Crippen LogP contribution < -0.4 is 4.90 Å². The van der Waals surface area contributed by atoms with Crippen molar-refractivity contribution in [1.82, 2.24) is 0 Å². The minimum absolute atomic E-state index is 0.0158. The predicted octanol–water partition coefficient (Wildman–Crippen LogP) is 4.70. The van der Waals surface area contributed by atoms with Crippen LogP contribution in [0.25, 0.3) is 0 Å². The van der Waals surface area contributed by atoms with Gasteiger partial charge in [0.2, 0.25) is 5.91 Å². The second-order valence-electron chi connectivity index (χ2n) is 10.5. The molecule has 1 saturated carbocycles. The number of hydrogen-bond donors (Lipinski definition) is 1. The number of anilines is 1. The van der Waals surface area contributed by atoms with Crippen LogP contribution in [0.1, 0.15) is 80.3 Å². The van der Waals surface area contributed by atoms with Crippen LogP contribution in [-0.4, -0.2) is 48.9 Å². The molecule has 1 atom stereocenters. The SMILES string of the molecule is COC(=O)c1sc(C#CC(C)(C)CO)cc1N(C(=O)[C@H]1CC=C(C)CC1)C1CCC2(CC1)CO2. The Kier molecular flexibility index (Phi) is 7.23. The first-order chi connectivity index (χ1) is 16.2. The number of aliphatic hydroxyl groups is 1. The van der Waals surface area contributed by atoms with Crippen LogP contribution in [0.5, 0.6) is 0 Å². The summed E-state index contributed by atoms with van der Waals surface area (Å²) < 4.78 is 10.8. The highest BCUT2D eigenvalue weighted by Crippen LogP contribution is 2.45. The summed E-state index contributed by atoms with van der Waals surface area (Å²) >= 11 is 1.25. The summed E-state index contributed by atoms with van der Waals surface area (Å²) in [5, 5.41) is 9.56. The summed E-state index contributed by atoms with van der Waals surface area (Å²) in [4.78, 5) is 29.7. The second-order valence-corrected chi connectivity index (χ2v) is 11.6. The first-order valence-electron chi connectivity index (χ1n) is 12.2. The first-order valence-corrected chi connectivity index (χ1v) is 13.0. The van der Waals surface area contributed by atoms with Gasteiger partial charge >= 0.3 is 5.97 Å². The van der Waals surface area contributed by atoms with Crippen molar-refractivity contribution >= 4 is 28.9 Å². The number of amides is 1. The summed E-state index contributed by atoms with van der Waals surface area (Å²) in [6.07, 6.45) is 8.21. The molecule has 0 radical (unpaired) electrons. The minimum atomic E-state index is -0.556. The van der Waals surface area contributed by atoms with Crippen molar-refractivity contribution in [2.75, 3.05) is 25.2 Å². The molecule has 4 rings (SSSR count). The van der Waals surface area contributed by atoms with Gasteiger partial charge in [-0.15, -0.1) is 11.3 Å². The van der Waals surface area contributed by atoms with Crippen LogP contribution in [0.15, 0.2) is 17.7 Å². The Hall–Kier alpha value is -2.14. The Morgan fingerprint density at radius 2 is 2.03 bits per heavy atom. The van der Waals surface area contributed by atoms with Crippen LogP contribution in [0, 0.1) is 23.2 Å². The van der Waals surface area contributed by atoms with Crippen molar-refractivity contribution in [3.05, 3.63) is 27.5 Å². The monoisotopic (exact) mass is 485 g/mol. The lowest BCUT2D eigenvalue weighted by atomic mass is 9.83. The highest BCUT2D eigenvalue weighted by atomic mass is 32.1. The third-order valence-electron chi connectivity index (χ3n) is 7.27. The molecule has 184 valence electrons. The Labute approximate surface area is 206 Å². The zero-order valence-corrected chi connectivity index (χ0v) is 21.4. The molecule has 0 bridgehead atoms. The fourth-order valence-corrected chi connectivity index (χ4v) is 5.71. The molecule has 1 aromatic rings. The lowest BCUT2D eigenvalue weighted by molar-refractivity contribution is -0.123. The fourth-order valence-electron chi connectivity index (χ4n) is 4.79. The number of thiophene rings is 1. The van der Waals surface area contributed by atoms with Crippen molar-refractivity contribution < 1.29 is 24.2 Å². The van der Waals surface area contributed by atoms with E-state index in [0.717, 1.165) is 51.6 Å². The topological polar surface area (TPSA) is 79.4 Å². The van der Waals surface area contributed by atoms with Gasteiger partial charge in [0.25, 0.3) is 0 Å². The van der Waals surface area contributed by atoms with Crippen molar-refractivity contribution in [2.24, 2.45) is 11.3 Å². The lowest BCUT2D eigenvalue weighted by Gasteiger charge is -2.38. The molecule has 6 nitrogen and oxygen atoms in total. The summed E-state index contributed by atoms with van der Waals surface area (Å²) in [5.74, 6) is 5.74. The number of rotatable bonds is 5. The number of carbonyl (C=O) groups excluding carboxylic acids is 2. The number of ether oxygens (including phenoxy) is 2. The number of nitrogens with zero attached hydrogens (tertiary/aromatic N) is 1. The highest BCUT2D eigenvalue weighted by molar-refractivity contribution is 7.15. The minimum Gasteiger partial charge on any atom is -0.465 e. The van der Waals surface area contributed by atoms with E-state index < -0.39 is 11.4 Å². The normalized spacial score (nSPS) is 26.3. The third-order valence-corrected chi connectivity index (χ3v) is 8.29. The van der Waals surface area contributed by atoms with Gasteiger partial charge in [0.1, 0.15) is 4.88 Å². The molecule has 1 aliphatic heterocycles. The van der Waals surface area contributed by atoms with Crippen LogP contribution >= 0.6 is 11.3 Å². The Morgan fingerprint density at radius 1 is 1.32 bits per heavy atom. The molecule has 34 heavy (non-hydrogen) atoms. The van der Waals surface area contributed by atoms with Gasteiger partial charge in [-0.3, -0.25) is 4.79 Å². The first kappa shape index (κ1) is 25.0. The molecule has 1 aromatic heterocycles. The van der Waals surface area contributed by atoms with Crippen molar-refractivity contribution in [2.45, 2.75) is 77.4 Å². The molecule has 2 fully saturated rings. The molecule has 2 aliphatic carbocycles. The molecule has 1 N–H and O–H groups in total. The molecular weight excluding hydrogens is 450 g/mol. The summed E-state index contributed by atoms with van der Waals surface area (Å²) in [6.45, 7) is 6.59. The van der Waals surface area contributed by atoms with E-state index in [1.54, 1.807) is 0 Å². The molecule has 1 amide bonds. The molecule has 0 unspecified atom stereocenters. The standard InChI is InChI=1S/C27H35NO5S/c1-18-5-7-19(8-6-18)24(30)28(20-9-13-27(14-10-20)17-33-27)22-15-21(11-12-26(2,3)16-29)34-23(22)25(31)32-4/h5,15,19-20,29H,6-10,13-14,16-17H2,1-4H3/t19-,20?,27?/m0/s1. The number of carbonyl (C=O) groups is 2. The quantitative estimate of drug-likeness (QED) is 0.283. The summed E-state index contributed by atoms with van der Waals surface area (Å²) in [7, 11) is 1.36. The molecule has 3 aliphatic rings. The van der Waals surface area contributed by atoms with Crippen LogP contribution in [0.3, 0.4) is 0 Å². The maximum Gasteiger partial charge on any atom is 0.350 e. The molecule has 1 saturated heterocycles. The van der Waals surface area contributed by atoms with E-state index in [2.05, 4.69) is 24.8 Å². The van der Waals surface area contributed by atoms with E-state index in [-0.39, 0.29) is 30.1 Å². The molecule has 7 heteroatoms. The number of methoxy groups -OCH3 is 1. The summed E-state index contributed by atoms with van der Waals surface area (Å²) in [5.41, 5.74) is 1.40. The van der Waals surface area contributed by atoms with Crippen LogP contribution in [-0.2, 0) is 14.3 Å². The van der Waals surface area contributed by atoms with Gasteiger partial charge in [0, 0.05) is 17.4 Å². The maximum absolute atomic E-state index is 14.0. The van der Waals surface area contributed by atoms with Gasteiger partial charge in [-0.2, -0.15) is 0 Å². The average molecular weight is 486 g/mol. The number of hydrogen-bond acceptors (Lipinski definition) is 6. The molecular formula is C27H35NO5S. The zero-order valence-electron chi connectivity index (χ0n) is 20.6. The smallest absolute Gasteiger partial charge is 0.350 e. The van der Waals surface area contributed by atoms with Gasteiger partial charge in [0.15, 0.2) is 0 Å². The lowest BCUT2D eigenvalue weighted by Crippen LogP contribution is -2.47. The van der Waals surface area contributed by atoms with Gasteiger partial charge in [-0.25, -0.2) is 4.79 Å². The Balaban J connectivity index is 1.71. The van der Waals surface area contributed by atoms with E-state index in [1.807, 2.05) is 24.8 Å². The van der Waals surface area contributed by atoms with E-state index in [1.165, 1.54) is 24.0 Å². The number of esters is 1. The molecule has 1 spiro atoms. The summed E-state index contributed by atoms with van der Waals surface area (Å²) in [6, 6.07) is 1.87. The highest BCUT2D eigenvalue weighted by Gasteiger charge is 2.49. The number of aliphatic hydroxyl groups excluding tert-OH is 1. The van der Waals surface area contributed by atoms with E-state index in [9.17, 15) is 14.7 Å². The van der Waals surface area contributed by atoms with Gasteiger partial charge < -0.3 is 19.5 Å². The molecule has 0 aromatic carbocycles. The van der Waals surface area contributed by atoms with E-state index in [4.69, 9.17) is 9.47 Å². The maximum atomic E-state index is 14.0. The van der Waals surface area contributed by atoms with Crippen molar-refractivity contribution in [3.8, 4) is 11.8 Å². The zero-order chi connectivity index (χ0) is 24.5. The van der Waals surface area contributed by atoms with Crippen LogP contribution in [0.4, 0.5) is 5.69 Å². The average Bonchev–Trinajstić information content (AvgIpc) is 3.46. The number of allylic oxidation sites excluding steroid dienone is 2. The van der Waals surface area contributed by atoms with E-state index >= 15 is 0 Å². The van der Waals surface area contributed by atoms with Gasteiger partial charge in [-0.1, -0.05) is 23.5 Å². The third kappa shape index (κ3) is 5.40. The van der Waals surface area contributed by atoms with Crippen molar-refractivity contribution in [1.29, 1.82) is 0 Å². The van der Waals surface area contributed by atoms with Crippen LogP contribution in [0.2, 0.25) is 0 Å². The second kappa shape index (κ2) is 9.85. The van der Waals surface area contributed by atoms with E-state index in [0.29, 0.717) is 15.4 Å².